The summed E-state index contributed by atoms with van der Waals surface area (Å²) in [6.07, 6.45) is 1.74. The molecule has 0 unspecified atom stereocenters. The zero-order valence-electron chi connectivity index (χ0n) is 12.3. The summed E-state index contributed by atoms with van der Waals surface area (Å²) in [5, 5.41) is 2.51. The Morgan fingerprint density at radius 3 is 2.27 bits per heavy atom. The van der Waals surface area contributed by atoms with Gasteiger partial charge in [-0.3, -0.25) is 25.2 Å². The van der Waals surface area contributed by atoms with Gasteiger partial charge in [0.2, 0.25) is 0 Å². The van der Waals surface area contributed by atoms with E-state index >= 15 is 0 Å². The van der Waals surface area contributed by atoms with Crippen LogP contribution in [0.4, 0.5) is 0 Å². The Hall–Kier alpha value is -2.77. The van der Waals surface area contributed by atoms with Gasteiger partial charge in [0.15, 0.2) is 11.5 Å². The number of ether oxygens (including phenoxy) is 2. The topological polar surface area (TPSA) is 106 Å². The quantitative estimate of drug-likeness (QED) is 0.525. The molecule has 0 aliphatic heterocycles. The minimum Gasteiger partial charge on any atom is -0.493 e. The number of methoxy groups -OCH3 is 2. The molecule has 0 spiro atoms. The molecule has 3 N–H and O–H groups in total. The molecule has 0 atom stereocenters. The van der Waals surface area contributed by atoms with E-state index in [4.69, 9.17) is 9.47 Å². The summed E-state index contributed by atoms with van der Waals surface area (Å²) < 4.78 is 10.1. The van der Waals surface area contributed by atoms with Crippen LogP contribution in [0.15, 0.2) is 18.2 Å². The molecule has 1 aromatic carbocycles. The van der Waals surface area contributed by atoms with Crippen molar-refractivity contribution in [2.45, 2.75) is 18.9 Å². The van der Waals surface area contributed by atoms with Crippen LogP contribution < -0.4 is 25.6 Å². The van der Waals surface area contributed by atoms with E-state index in [0.717, 1.165) is 12.8 Å². The molecule has 1 aromatic rings. The lowest BCUT2D eigenvalue weighted by atomic mass is 10.2. The number of rotatable bonds is 4. The molecule has 0 heterocycles. The van der Waals surface area contributed by atoms with Crippen molar-refractivity contribution in [1.29, 1.82) is 0 Å². The van der Waals surface area contributed by atoms with Crippen LogP contribution in [0.5, 0.6) is 11.5 Å². The van der Waals surface area contributed by atoms with Crippen LogP contribution in [-0.4, -0.2) is 38.0 Å². The second-order valence-corrected chi connectivity index (χ2v) is 4.73. The maximum Gasteiger partial charge on any atom is 0.327 e. The molecule has 22 heavy (non-hydrogen) atoms. The number of amides is 3. The van der Waals surface area contributed by atoms with E-state index in [2.05, 4.69) is 16.2 Å². The van der Waals surface area contributed by atoms with Crippen molar-refractivity contribution >= 4 is 17.7 Å². The van der Waals surface area contributed by atoms with Crippen molar-refractivity contribution in [3.63, 3.8) is 0 Å². The molecule has 0 saturated heterocycles. The third kappa shape index (κ3) is 3.87. The van der Waals surface area contributed by atoms with E-state index in [1.54, 1.807) is 6.07 Å². The zero-order chi connectivity index (χ0) is 16.1. The van der Waals surface area contributed by atoms with Gasteiger partial charge in [0.25, 0.3) is 5.91 Å². The monoisotopic (exact) mass is 307 g/mol. The van der Waals surface area contributed by atoms with E-state index in [0.29, 0.717) is 11.5 Å². The molecule has 0 aromatic heterocycles. The summed E-state index contributed by atoms with van der Waals surface area (Å²) in [5.41, 5.74) is 4.47. The van der Waals surface area contributed by atoms with E-state index in [-0.39, 0.29) is 11.6 Å². The molecule has 1 aliphatic rings. The van der Waals surface area contributed by atoms with Gasteiger partial charge < -0.3 is 14.8 Å². The summed E-state index contributed by atoms with van der Waals surface area (Å²) >= 11 is 0. The molecule has 3 amide bonds. The predicted molar refractivity (Wildman–Crippen MR) is 76.3 cm³/mol. The van der Waals surface area contributed by atoms with Crippen LogP contribution in [0.1, 0.15) is 23.2 Å². The molecule has 1 aliphatic carbocycles. The lowest BCUT2D eigenvalue weighted by Gasteiger charge is -2.10. The molecule has 1 fully saturated rings. The number of carbonyl (C=O) groups is 3. The SMILES string of the molecule is COc1ccc(C(=O)NNC(=O)C(=O)NC2CC2)cc1OC. The Morgan fingerprint density at radius 1 is 1.00 bits per heavy atom. The van der Waals surface area contributed by atoms with Gasteiger partial charge in [0, 0.05) is 11.6 Å². The van der Waals surface area contributed by atoms with Gasteiger partial charge in [0.05, 0.1) is 14.2 Å². The predicted octanol–water partition coefficient (Wildman–Crippen LogP) is -0.257. The molecule has 118 valence electrons. The second kappa shape index (κ2) is 6.79. The van der Waals surface area contributed by atoms with Crippen molar-refractivity contribution in [2.24, 2.45) is 0 Å². The fourth-order valence-corrected chi connectivity index (χ4v) is 1.70. The van der Waals surface area contributed by atoms with Gasteiger partial charge in [-0.15, -0.1) is 0 Å². The zero-order valence-corrected chi connectivity index (χ0v) is 12.3. The molecule has 0 bridgehead atoms. The number of hydrazine groups is 1. The van der Waals surface area contributed by atoms with E-state index in [9.17, 15) is 14.4 Å². The van der Waals surface area contributed by atoms with Gasteiger partial charge in [-0.2, -0.15) is 0 Å². The van der Waals surface area contributed by atoms with Crippen molar-refractivity contribution in [3.8, 4) is 11.5 Å². The highest BCUT2D eigenvalue weighted by Crippen LogP contribution is 2.27. The lowest BCUT2D eigenvalue weighted by Crippen LogP contribution is -2.48. The number of hydrogen-bond donors (Lipinski definition) is 3. The smallest absolute Gasteiger partial charge is 0.327 e. The molecule has 8 nitrogen and oxygen atoms in total. The summed E-state index contributed by atoms with van der Waals surface area (Å²) in [6.45, 7) is 0. The minimum atomic E-state index is -0.916. The molecular formula is C14H17N3O5. The fourth-order valence-electron chi connectivity index (χ4n) is 1.70. The van der Waals surface area contributed by atoms with Gasteiger partial charge in [0.1, 0.15) is 0 Å². The van der Waals surface area contributed by atoms with E-state index in [1.165, 1.54) is 26.4 Å². The summed E-state index contributed by atoms with van der Waals surface area (Å²) in [6, 6.07) is 4.60. The summed E-state index contributed by atoms with van der Waals surface area (Å²) in [5.74, 6) is -1.40. The first-order chi connectivity index (χ1) is 10.5. The van der Waals surface area contributed by atoms with Crippen molar-refractivity contribution < 1.29 is 23.9 Å². The maximum atomic E-state index is 11.9. The average Bonchev–Trinajstić information content (AvgIpc) is 3.35. The molecular weight excluding hydrogens is 290 g/mol. The Labute approximate surface area is 127 Å². The highest BCUT2D eigenvalue weighted by molar-refractivity contribution is 6.35. The van der Waals surface area contributed by atoms with E-state index < -0.39 is 17.7 Å². The Bertz CT molecular complexity index is 598. The Balaban J connectivity index is 1.91. The first kappa shape index (κ1) is 15.6. The first-order valence-electron chi connectivity index (χ1n) is 6.68. The van der Waals surface area contributed by atoms with Crippen molar-refractivity contribution in [2.75, 3.05) is 14.2 Å². The van der Waals surface area contributed by atoms with Crippen LogP contribution in [0.3, 0.4) is 0 Å². The van der Waals surface area contributed by atoms with Crippen molar-refractivity contribution in [3.05, 3.63) is 23.8 Å². The minimum absolute atomic E-state index is 0.0693. The molecule has 0 radical (unpaired) electrons. The van der Waals surface area contributed by atoms with Crippen LogP contribution in [0.2, 0.25) is 0 Å². The largest absolute Gasteiger partial charge is 0.493 e. The van der Waals surface area contributed by atoms with Gasteiger partial charge in [-0.05, 0) is 31.0 Å². The van der Waals surface area contributed by atoms with Crippen LogP contribution in [-0.2, 0) is 9.59 Å². The lowest BCUT2D eigenvalue weighted by molar-refractivity contribution is -0.139. The summed E-state index contributed by atoms with van der Waals surface area (Å²) in [7, 11) is 2.93. The third-order valence-electron chi connectivity index (χ3n) is 3.05. The van der Waals surface area contributed by atoms with Gasteiger partial charge >= 0.3 is 11.8 Å². The van der Waals surface area contributed by atoms with Gasteiger partial charge in [-0.1, -0.05) is 0 Å². The standard InChI is InChI=1S/C14H17N3O5/c1-21-10-6-3-8(7-11(10)22-2)12(18)16-17-14(20)13(19)15-9-4-5-9/h3,6-7,9H,4-5H2,1-2H3,(H,15,19)(H,16,18)(H,17,20). The van der Waals surface area contributed by atoms with Gasteiger partial charge in [-0.25, -0.2) is 0 Å². The second-order valence-electron chi connectivity index (χ2n) is 4.73. The summed E-state index contributed by atoms with van der Waals surface area (Å²) in [4.78, 5) is 34.8. The first-order valence-corrected chi connectivity index (χ1v) is 6.68. The number of hydrogen-bond acceptors (Lipinski definition) is 5. The van der Waals surface area contributed by atoms with Crippen LogP contribution in [0, 0.1) is 0 Å². The number of carbonyl (C=O) groups excluding carboxylic acids is 3. The highest BCUT2D eigenvalue weighted by Gasteiger charge is 2.26. The normalized spacial score (nSPS) is 13.0. The van der Waals surface area contributed by atoms with Crippen LogP contribution >= 0.6 is 0 Å². The molecule has 8 heteroatoms. The third-order valence-corrected chi connectivity index (χ3v) is 3.05. The number of nitrogens with one attached hydrogen (secondary N) is 3. The number of benzene rings is 1. The molecule has 1 saturated carbocycles. The molecule has 2 rings (SSSR count). The average molecular weight is 307 g/mol. The van der Waals surface area contributed by atoms with Crippen LogP contribution in [0.25, 0.3) is 0 Å². The maximum absolute atomic E-state index is 11.9. The van der Waals surface area contributed by atoms with E-state index in [1.807, 2.05) is 0 Å². The Morgan fingerprint density at radius 2 is 1.68 bits per heavy atom. The Kier molecular flexibility index (Phi) is 4.82. The van der Waals surface area contributed by atoms with Crippen molar-refractivity contribution in [1.82, 2.24) is 16.2 Å². The highest BCUT2D eigenvalue weighted by atomic mass is 16.5. The fraction of sp³-hybridized carbons (Fsp3) is 0.357.